The second-order valence-electron chi connectivity index (χ2n) is 7.22. The van der Waals surface area contributed by atoms with E-state index in [0.29, 0.717) is 17.1 Å². The van der Waals surface area contributed by atoms with Gasteiger partial charge in [-0.1, -0.05) is 23.7 Å². The Labute approximate surface area is 164 Å². The molecule has 0 atom stereocenters. The van der Waals surface area contributed by atoms with Crippen LogP contribution in [-0.2, 0) is 6.54 Å². The summed E-state index contributed by atoms with van der Waals surface area (Å²) in [5.74, 6) is -0.173. The number of hydrogen-bond acceptors (Lipinski definition) is 3. The Hall–Kier alpha value is -2.17. The summed E-state index contributed by atoms with van der Waals surface area (Å²) in [6, 6.07) is 15.6. The fourth-order valence-electron chi connectivity index (χ4n) is 3.82. The van der Waals surface area contributed by atoms with Crippen LogP contribution >= 0.6 is 11.6 Å². The lowest BCUT2D eigenvalue weighted by molar-refractivity contribution is 0.353. The molecule has 0 aliphatic heterocycles. The molecule has 0 bridgehead atoms. The summed E-state index contributed by atoms with van der Waals surface area (Å²) in [5, 5.41) is 9.06. The van der Waals surface area contributed by atoms with Crippen molar-refractivity contribution in [2.24, 2.45) is 0 Å². The Morgan fingerprint density at radius 2 is 1.81 bits per heavy atom. The maximum absolute atomic E-state index is 13.3. The van der Waals surface area contributed by atoms with E-state index in [9.17, 15) is 4.39 Å². The van der Waals surface area contributed by atoms with E-state index in [1.165, 1.54) is 6.07 Å². The van der Waals surface area contributed by atoms with Gasteiger partial charge in [0, 0.05) is 40.9 Å². The Morgan fingerprint density at radius 1 is 1.00 bits per heavy atom. The second-order valence-corrected chi connectivity index (χ2v) is 7.66. The molecule has 1 aliphatic rings. The van der Waals surface area contributed by atoms with Gasteiger partial charge in [-0.15, -0.1) is 0 Å². The van der Waals surface area contributed by atoms with Crippen LogP contribution in [0.15, 0.2) is 54.7 Å². The van der Waals surface area contributed by atoms with Crippen LogP contribution in [0, 0.1) is 5.82 Å². The fraction of sp³-hybridized carbons (Fsp3) is 0.318. The van der Waals surface area contributed by atoms with Gasteiger partial charge in [-0.05, 0) is 67.6 Å². The van der Waals surface area contributed by atoms with Gasteiger partial charge >= 0.3 is 0 Å². The molecule has 0 spiro atoms. The minimum absolute atomic E-state index is 0.173. The quantitative estimate of drug-likeness (QED) is 0.607. The molecule has 1 aromatic heterocycles. The van der Waals surface area contributed by atoms with Gasteiger partial charge in [-0.25, -0.2) is 4.39 Å². The summed E-state index contributed by atoms with van der Waals surface area (Å²) < 4.78 is 13.3. The van der Waals surface area contributed by atoms with Crippen molar-refractivity contribution in [3.63, 3.8) is 0 Å². The van der Waals surface area contributed by atoms with E-state index in [4.69, 9.17) is 11.6 Å². The van der Waals surface area contributed by atoms with E-state index in [2.05, 4.69) is 15.6 Å². The zero-order valence-electron chi connectivity index (χ0n) is 15.1. The van der Waals surface area contributed by atoms with Gasteiger partial charge in [0.25, 0.3) is 0 Å². The van der Waals surface area contributed by atoms with Crippen molar-refractivity contribution in [1.29, 1.82) is 0 Å². The summed E-state index contributed by atoms with van der Waals surface area (Å²) in [6.07, 6.45) is 6.27. The highest BCUT2D eigenvalue weighted by Gasteiger charge is 2.21. The third-order valence-corrected chi connectivity index (χ3v) is 5.51. The van der Waals surface area contributed by atoms with Gasteiger partial charge in [0.2, 0.25) is 0 Å². The lowest BCUT2D eigenvalue weighted by Crippen LogP contribution is -2.36. The summed E-state index contributed by atoms with van der Waals surface area (Å²) in [6.45, 7) is 0.719. The summed E-state index contributed by atoms with van der Waals surface area (Å²) in [4.78, 5) is 4.41. The first-order chi connectivity index (χ1) is 13.2. The van der Waals surface area contributed by atoms with Gasteiger partial charge in [-0.2, -0.15) is 0 Å². The molecule has 2 N–H and O–H groups in total. The molecule has 0 unspecified atom stereocenters. The molecule has 4 rings (SSSR count). The monoisotopic (exact) mass is 383 g/mol. The van der Waals surface area contributed by atoms with E-state index in [0.717, 1.165) is 54.4 Å². The Morgan fingerprint density at radius 3 is 2.63 bits per heavy atom. The predicted molar refractivity (Wildman–Crippen MR) is 110 cm³/mol. The SMILES string of the molecule is Fc1cccc(CNC2CCC(Nc3ccnc4cc(Cl)ccc34)CC2)c1. The van der Waals surface area contributed by atoms with Crippen molar-refractivity contribution in [1.82, 2.24) is 10.3 Å². The van der Waals surface area contributed by atoms with Crippen LogP contribution in [0.1, 0.15) is 31.2 Å². The number of pyridine rings is 1. The molecule has 2 aromatic carbocycles. The zero-order valence-corrected chi connectivity index (χ0v) is 15.8. The number of rotatable bonds is 5. The van der Waals surface area contributed by atoms with Crippen LogP contribution < -0.4 is 10.6 Å². The van der Waals surface area contributed by atoms with Crippen molar-refractivity contribution < 1.29 is 4.39 Å². The number of nitrogens with one attached hydrogen (secondary N) is 2. The summed E-state index contributed by atoms with van der Waals surface area (Å²) >= 11 is 6.07. The lowest BCUT2D eigenvalue weighted by atomic mass is 9.90. The first kappa shape index (κ1) is 18.2. The normalized spacial score (nSPS) is 19.9. The second kappa shape index (κ2) is 8.24. The molecule has 0 saturated heterocycles. The number of fused-ring (bicyclic) bond motifs is 1. The minimum atomic E-state index is -0.173. The number of anilines is 1. The smallest absolute Gasteiger partial charge is 0.123 e. The molecular weight excluding hydrogens is 361 g/mol. The van der Waals surface area contributed by atoms with Gasteiger partial charge in [0.15, 0.2) is 0 Å². The first-order valence-corrected chi connectivity index (χ1v) is 9.84. The largest absolute Gasteiger partial charge is 0.382 e. The standard InChI is InChI=1S/C22H23ClFN3/c23-16-4-9-20-21(10-11-25-22(20)13-16)27-19-7-5-18(6-8-19)26-14-15-2-1-3-17(24)12-15/h1-4,9-13,18-19,26H,5-8,14H2,(H,25,27). The highest BCUT2D eigenvalue weighted by atomic mass is 35.5. The molecule has 3 nitrogen and oxygen atoms in total. The maximum atomic E-state index is 13.3. The highest BCUT2D eigenvalue weighted by molar-refractivity contribution is 6.31. The Kier molecular flexibility index (Phi) is 5.55. The van der Waals surface area contributed by atoms with Crippen LogP contribution in [0.25, 0.3) is 10.9 Å². The van der Waals surface area contributed by atoms with Gasteiger partial charge in [0.05, 0.1) is 5.52 Å². The molecule has 1 aliphatic carbocycles. The van der Waals surface area contributed by atoms with Crippen molar-refractivity contribution in [2.45, 2.75) is 44.3 Å². The van der Waals surface area contributed by atoms with Gasteiger partial charge < -0.3 is 10.6 Å². The van der Waals surface area contributed by atoms with Crippen LogP contribution in [0.3, 0.4) is 0 Å². The van der Waals surface area contributed by atoms with Crippen LogP contribution in [0.4, 0.5) is 10.1 Å². The number of nitrogens with zero attached hydrogens (tertiary/aromatic N) is 1. The Balaban J connectivity index is 1.32. The number of halogens is 2. The fourth-order valence-corrected chi connectivity index (χ4v) is 3.98. The Bertz CT molecular complexity index is 922. The minimum Gasteiger partial charge on any atom is -0.382 e. The average Bonchev–Trinajstić information content (AvgIpc) is 2.67. The summed E-state index contributed by atoms with van der Waals surface area (Å²) in [7, 11) is 0. The molecule has 0 radical (unpaired) electrons. The number of aromatic nitrogens is 1. The van der Waals surface area contributed by atoms with Crippen molar-refractivity contribution in [3.05, 3.63) is 71.1 Å². The van der Waals surface area contributed by atoms with Crippen LogP contribution in [0.5, 0.6) is 0 Å². The average molecular weight is 384 g/mol. The topological polar surface area (TPSA) is 37.0 Å². The number of hydrogen-bond donors (Lipinski definition) is 2. The molecule has 1 heterocycles. The molecule has 1 fully saturated rings. The van der Waals surface area contributed by atoms with E-state index in [1.807, 2.05) is 36.5 Å². The molecule has 3 aromatic rings. The molecule has 5 heteroatoms. The van der Waals surface area contributed by atoms with Crippen LogP contribution in [0.2, 0.25) is 5.02 Å². The van der Waals surface area contributed by atoms with Gasteiger partial charge in [-0.3, -0.25) is 4.98 Å². The van der Waals surface area contributed by atoms with E-state index in [1.54, 1.807) is 12.1 Å². The van der Waals surface area contributed by atoms with Crippen molar-refractivity contribution in [2.75, 3.05) is 5.32 Å². The van der Waals surface area contributed by atoms with Crippen molar-refractivity contribution >= 4 is 28.2 Å². The highest BCUT2D eigenvalue weighted by Crippen LogP contribution is 2.28. The molecular formula is C22H23ClFN3. The van der Waals surface area contributed by atoms with Crippen LogP contribution in [-0.4, -0.2) is 17.1 Å². The lowest BCUT2D eigenvalue weighted by Gasteiger charge is -2.30. The third kappa shape index (κ3) is 4.57. The first-order valence-electron chi connectivity index (χ1n) is 9.46. The maximum Gasteiger partial charge on any atom is 0.123 e. The van der Waals surface area contributed by atoms with E-state index >= 15 is 0 Å². The summed E-state index contributed by atoms with van der Waals surface area (Å²) in [5.41, 5.74) is 3.03. The van der Waals surface area contributed by atoms with Gasteiger partial charge in [0.1, 0.15) is 5.82 Å². The molecule has 27 heavy (non-hydrogen) atoms. The molecule has 0 amide bonds. The number of benzene rings is 2. The predicted octanol–water partition coefficient (Wildman–Crippen LogP) is 5.54. The zero-order chi connectivity index (χ0) is 18.6. The third-order valence-electron chi connectivity index (χ3n) is 5.28. The van der Waals surface area contributed by atoms with E-state index < -0.39 is 0 Å². The molecule has 140 valence electrons. The van der Waals surface area contributed by atoms with Crippen molar-refractivity contribution in [3.8, 4) is 0 Å². The van der Waals surface area contributed by atoms with E-state index in [-0.39, 0.29) is 5.82 Å². The molecule has 1 saturated carbocycles.